The number of aromatic nitrogens is 2. The van der Waals surface area contributed by atoms with Crippen molar-refractivity contribution in [2.75, 3.05) is 0 Å². The number of nitrogens with zero attached hydrogens (tertiary/aromatic N) is 2. The number of fused-ring (bicyclic) bond motifs is 1. The number of hydrogen-bond acceptors (Lipinski definition) is 2. The van der Waals surface area contributed by atoms with Crippen LogP contribution in [0, 0.1) is 0 Å². The molecule has 0 bridgehead atoms. The van der Waals surface area contributed by atoms with E-state index in [0.29, 0.717) is 12.1 Å². The van der Waals surface area contributed by atoms with Crippen molar-refractivity contribution in [3.63, 3.8) is 0 Å². The first kappa shape index (κ1) is 14.6. The summed E-state index contributed by atoms with van der Waals surface area (Å²) in [6.07, 6.45) is 12.5. The van der Waals surface area contributed by atoms with Gasteiger partial charge in [0.15, 0.2) is 0 Å². The second-order valence-electron chi connectivity index (χ2n) is 6.03. The third-order valence-corrected chi connectivity index (χ3v) is 4.35. The van der Waals surface area contributed by atoms with E-state index in [2.05, 4.69) is 42.2 Å². The summed E-state index contributed by atoms with van der Waals surface area (Å²) in [7, 11) is 2.06. The molecule has 1 heterocycles. The zero-order chi connectivity index (χ0) is 13.7. The average molecular weight is 263 g/mol. The highest BCUT2D eigenvalue weighted by molar-refractivity contribution is 5.24. The highest BCUT2D eigenvalue weighted by atomic mass is 15.3. The quantitative estimate of drug-likeness (QED) is 0.759. The van der Waals surface area contributed by atoms with Gasteiger partial charge in [-0.05, 0) is 32.6 Å². The van der Waals surface area contributed by atoms with Crippen molar-refractivity contribution in [2.45, 2.75) is 77.3 Å². The van der Waals surface area contributed by atoms with E-state index in [0.717, 1.165) is 0 Å². The van der Waals surface area contributed by atoms with E-state index in [1.165, 1.54) is 62.6 Å². The molecule has 19 heavy (non-hydrogen) atoms. The summed E-state index contributed by atoms with van der Waals surface area (Å²) in [6.45, 7) is 4.60. The molecule has 1 N–H and O–H groups in total. The first-order chi connectivity index (χ1) is 9.22. The smallest absolute Gasteiger partial charge is 0.0540 e. The van der Waals surface area contributed by atoms with Crippen molar-refractivity contribution < 1.29 is 0 Å². The van der Waals surface area contributed by atoms with Gasteiger partial charge in [-0.1, -0.05) is 32.6 Å². The van der Waals surface area contributed by atoms with Crippen molar-refractivity contribution in [1.82, 2.24) is 15.1 Å². The first-order valence-corrected chi connectivity index (χ1v) is 7.99. The fourth-order valence-electron chi connectivity index (χ4n) is 3.18. The van der Waals surface area contributed by atoms with Gasteiger partial charge in [0.1, 0.15) is 0 Å². The molecule has 3 nitrogen and oxygen atoms in total. The van der Waals surface area contributed by atoms with E-state index in [9.17, 15) is 0 Å². The average Bonchev–Trinajstić information content (AvgIpc) is 2.78. The largest absolute Gasteiger partial charge is 0.307 e. The molecule has 0 amide bonds. The minimum absolute atomic E-state index is 0.527. The normalized spacial score (nSPS) is 20.3. The van der Waals surface area contributed by atoms with E-state index in [-0.39, 0.29) is 0 Å². The molecule has 108 valence electrons. The Kier molecular flexibility index (Phi) is 5.44. The predicted octanol–water partition coefficient (Wildman–Crippen LogP) is 3.75. The standard InChI is InChI=1S/C16H29N3/c1-4-5-6-7-9-13(2)18-15-10-8-11-16-14(15)12-17-19(16)3/h12-13,15,18H,4-11H2,1-3H3. The Hall–Kier alpha value is -0.830. The van der Waals surface area contributed by atoms with Crippen molar-refractivity contribution in [1.29, 1.82) is 0 Å². The molecule has 0 fully saturated rings. The fourth-order valence-corrected chi connectivity index (χ4v) is 3.18. The maximum absolute atomic E-state index is 4.42. The summed E-state index contributed by atoms with van der Waals surface area (Å²) in [5, 5.41) is 8.23. The predicted molar refractivity (Wildman–Crippen MR) is 80.2 cm³/mol. The van der Waals surface area contributed by atoms with Gasteiger partial charge in [-0.3, -0.25) is 4.68 Å². The summed E-state index contributed by atoms with van der Waals surface area (Å²) >= 11 is 0. The lowest BCUT2D eigenvalue weighted by Crippen LogP contribution is -2.32. The van der Waals surface area contributed by atoms with Gasteiger partial charge < -0.3 is 5.32 Å². The van der Waals surface area contributed by atoms with Crippen LogP contribution in [0.25, 0.3) is 0 Å². The summed E-state index contributed by atoms with van der Waals surface area (Å²) in [4.78, 5) is 0. The topological polar surface area (TPSA) is 29.9 Å². The summed E-state index contributed by atoms with van der Waals surface area (Å²) in [5.74, 6) is 0. The minimum Gasteiger partial charge on any atom is -0.307 e. The zero-order valence-corrected chi connectivity index (χ0v) is 12.8. The molecule has 1 aliphatic carbocycles. The fraction of sp³-hybridized carbons (Fsp3) is 0.812. The van der Waals surface area contributed by atoms with Crippen LogP contribution in [0.3, 0.4) is 0 Å². The summed E-state index contributed by atoms with van der Waals surface area (Å²) in [5.41, 5.74) is 2.87. The Morgan fingerprint density at radius 3 is 3.05 bits per heavy atom. The van der Waals surface area contributed by atoms with Gasteiger partial charge in [0.25, 0.3) is 0 Å². The Balaban J connectivity index is 1.83. The van der Waals surface area contributed by atoms with Crippen molar-refractivity contribution in [2.24, 2.45) is 7.05 Å². The number of hydrogen-bond donors (Lipinski definition) is 1. The van der Waals surface area contributed by atoms with Crippen molar-refractivity contribution >= 4 is 0 Å². The molecule has 0 saturated carbocycles. The van der Waals surface area contributed by atoms with Crippen molar-refractivity contribution in [3.05, 3.63) is 17.5 Å². The van der Waals surface area contributed by atoms with Crippen LogP contribution in [0.2, 0.25) is 0 Å². The SMILES string of the molecule is CCCCCCC(C)NC1CCCc2c1cnn2C. The van der Waals surface area contributed by atoms with Gasteiger partial charge in [0.2, 0.25) is 0 Å². The number of rotatable bonds is 7. The Bertz CT molecular complexity index is 383. The lowest BCUT2D eigenvalue weighted by atomic mass is 9.92. The molecule has 0 saturated heterocycles. The van der Waals surface area contributed by atoms with Crippen molar-refractivity contribution in [3.8, 4) is 0 Å². The molecule has 3 heteroatoms. The third kappa shape index (κ3) is 3.82. The molecular weight excluding hydrogens is 234 g/mol. The molecule has 2 atom stereocenters. The molecule has 0 spiro atoms. The van der Waals surface area contributed by atoms with Gasteiger partial charge in [-0.25, -0.2) is 0 Å². The minimum atomic E-state index is 0.527. The molecule has 1 aliphatic rings. The maximum atomic E-state index is 4.42. The molecule has 2 rings (SSSR count). The van der Waals surface area contributed by atoms with Gasteiger partial charge in [-0.15, -0.1) is 0 Å². The zero-order valence-electron chi connectivity index (χ0n) is 12.8. The molecule has 0 aromatic carbocycles. The van der Waals surface area contributed by atoms with Gasteiger partial charge >= 0.3 is 0 Å². The summed E-state index contributed by atoms with van der Waals surface area (Å²) < 4.78 is 2.05. The van der Waals surface area contributed by atoms with Gasteiger partial charge in [0.05, 0.1) is 6.20 Å². The van der Waals surface area contributed by atoms with Crippen LogP contribution < -0.4 is 5.32 Å². The first-order valence-electron chi connectivity index (χ1n) is 7.99. The molecule has 2 unspecified atom stereocenters. The monoisotopic (exact) mass is 263 g/mol. The highest BCUT2D eigenvalue weighted by Crippen LogP contribution is 2.29. The van der Waals surface area contributed by atoms with Crippen LogP contribution in [-0.4, -0.2) is 15.8 Å². The molecule has 0 aliphatic heterocycles. The van der Waals surface area contributed by atoms with Crippen LogP contribution in [-0.2, 0) is 13.5 Å². The van der Waals surface area contributed by atoms with E-state index < -0.39 is 0 Å². The molecule has 1 aromatic rings. The van der Waals surface area contributed by atoms with Crippen LogP contribution in [0.15, 0.2) is 6.20 Å². The highest BCUT2D eigenvalue weighted by Gasteiger charge is 2.24. The molecular formula is C16H29N3. The second-order valence-corrected chi connectivity index (χ2v) is 6.03. The molecule has 1 aromatic heterocycles. The van der Waals surface area contributed by atoms with Gasteiger partial charge in [0, 0.05) is 30.4 Å². The van der Waals surface area contributed by atoms with E-state index >= 15 is 0 Å². The molecule has 0 radical (unpaired) electrons. The van der Waals surface area contributed by atoms with Crippen LogP contribution in [0.1, 0.15) is 76.1 Å². The van der Waals surface area contributed by atoms with Gasteiger partial charge in [-0.2, -0.15) is 5.10 Å². The van der Waals surface area contributed by atoms with E-state index in [4.69, 9.17) is 0 Å². The maximum Gasteiger partial charge on any atom is 0.0540 e. The Morgan fingerprint density at radius 1 is 1.42 bits per heavy atom. The number of nitrogens with one attached hydrogen (secondary N) is 1. The Morgan fingerprint density at radius 2 is 2.26 bits per heavy atom. The van der Waals surface area contributed by atoms with Crippen LogP contribution >= 0.6 is 0 Å². The second kappa shape index (κ2) is 7.09. The van der Waals surface area contributed by atoms with Crippen LogP contribution in [0.4, 0.5) is 0 Å². The van der Waals surface area contributed by atoms with E-state index in [1.807, 2.05) is 0 Å². The number of aryl methyl sites for hydroxylation is 1. The van der Waals surface area contributed by atoms with Crippen LogP contribution in [0.5, 0.6) is 0 Å². The lowest BCUT2D eigenvalue weighted by molar-refractivity contribution is 0.383. The number of unbranched alkanes of at least 4 members (excludes halogenated alkanes) is 3. The van der Waals surface area contributed by atoms with E-state index in [1.54, 1.807) is 0 Å². The lowest BCUT2D eigenvalue weighted by Gasteiger charge is -2.27. The summed E-state index contributed by atoms with van der Waals surface area (Å²) in [6, 6.07) is 1.15. The Labute approximate surface area is 117 Å². The third-order valence-electron chi connectivity index (χ3n) is 4.35.